The summed E-state index contributed by atoms with van der Waals surface area (Å²) in [6.07, 6.45) is 7.00. The third kappa shape index (κ3) is 5.72. The van der Waals surface area contributed by atoms with Crippen LogP contribution in [-0.2, 0) is 11.3 Å². The molecule has 1 aromatic heterocycles. The molecule has 0 aliphatic rings. The highest BCUT2D eigenvalue weighted by Crippen LogP contribution is 2.31. The minimum Gasteiger partial charge on any atom is -0.407 e. The van der Waals surface area contributed by atoms with Crippen molar-refractivity contribution in [3.05, 3.63) is 71.2 Å². The Hall–Kier alpha value is -3.08. The predicted molar refractivity (Wildman–Crippen MR) is 120 cm³/mol. The second-order valence-electron chi connectivity index (χ2n) is 7.48. The zero-order valence-corrected chi connectivity index (χ0v) is 17.6. The Morgan fingerprint density at radius 1 is 0.867 bits per heavy atom. The molecular weight excluding hydrogens is 376 g/mol. The lowest BCUT2D eigenvalue weighted by Crippen LogP contribution is -2.31. The van der Waals surface area contributed by atoms with Crippen molar-refractivity contribution in [2.45, 2.75) is 52.0 Å². The van der Waals surface area contributed by atoms with E-state index in [0.29, 0.717) is 18.0 Å². The van der Waals surface area contributed by atoms with Gasteiger partial charge in [-0.1, -0.05) is 99.7 Å². The molecule has 0 radical (unpaired) electrons. The van der Waals surface area contributed by atoms with E-state index >= 15 is 0 Å². The van der Waals surface area contributed by atoms with Gasteiger partial charge in [0.25, 0.3) is 0 Å². The molecule has 0 unspecified atom stereocenters. The summed E-state index contributed by atoms with van der Waals surface area (Å²) in [4.78, 5) is 25.2. The number of aromatic nitrogens is 1. The molecule has 0 fully saturated rings. The molecule has 0 saturated carbocycles. The molecule has 1 amide bonds. The van der Waals surface area contributed by atoms with Crippen LogP contribution < -0.4 is 11.1 Å². The lowest BCUT2D eigenvalue weighted by Gasteiger charge is -2.09. The second-order valence-corrected chi connectivity index (χ2v) is 7.48. The van der Waals surface area contributed by atoms with E-state index in [-0.39, 0.29) is 12.5 Å². The van der Waals surface area contributed by atoms with E-state index < -0.39 is 5.76 Å². The normalized spacial score (nSPS) is 10.8. The van der Waals surface area contributed by atoms with Gasteiger partial charge in [-0.3, -0.25) is 9.36 Å². The van der Waals surface area contributed by atoms with Crippen LogP contribution in [0.15, 0.2) is 69.9 Å². The highest BCUT2D eigenvalue weighted by Gasteiger charge is 2.21. The summed E-state index contributed by atoms with van der Waals surface area (Å²) >= 11 is 0. The largest absolute Gasteiger partial charge is 0.420 e. The van der Waals surface area contributed by atoms with Crippen LogP contribution >= 0.6 is 0 Å². The zero-order valence-electron chi connectivity index (χ0n) is 17.6. The summed E-state index contributed by atoms with van der Waals surface area (Å²) < 4.78 is 7.02. The standard InChI is InChI=1S/C25H30N2O3/c1-2-3-4-5-6-13-18-26-22(28)19-27-23(20-14-9-7-10-15-20)24(30-25(27)29)21-16-11-8-12-17-21/h7-12,14-17H,2-6,13,18-19H2,1H3,(H,26,28). The average Bonchev–Trinajstić information content (AvgIpc) is 3.10. The number of nitrogens with zero attached hydrogens (tertiary/aromatic N) is 1. The molecule has 3 aromatic rings. The number of carbonyl (C=O) groups excluding carboxylic acids is 1. The molecule has 0 spiro atoms. The third-order valence-electron chi connectivity index (χ3n) is 5.13. The number of amides is 1. The van der Waals surface area contributed by atoms with Gasteiger partial charge in [-0.25, -0.2) is 4.79 Å². The monoisotopic (exact) mass is 406 g/mol. The summed E-state index contributed by atoms with van der Waals surface area (Å²) in [6, 6.07) is 19.1. The van der Waals surface area contributed by atoms with E-state index in [0.717, 1.165) is 24.0 Å². The van der Waals surface area contributed by atoms with Gasteiger partial charge in [-0.2, -0.15) is 0 Å². The van der Waals surface area contributed by atoms with Crippen LogP contribution in [0.5, 0.6) is 0 Å². The first-order valence-corrected chi connectivity index (χ1v) is 10.8. The molecule has 5 nitrogen and oxygen atoms in total. The van der Waals surface area contributed by atoms with Crippen molar-refractivity contribution in [1.29, 1.82) is 0 Å². The van der Waals surface area contributed by atoms with Gasteiger partial charge in [0.05, 0.1) is 5.69 Å². The number of unbranched alkanes of at least 4 members (excludes halogenated alkanes) is 5. The van der Waals surface area contributed by atoms with Crippen molar-refractivity contribution in [3.8, 4) is 22.6 Å². The maximum Gasteiger partial charge on any atom is 0.420 e. The lowest BCUT2D eigenvalue weighted by molar-refractivity contribution is -0.121. The predicted octanol–water partition coefficient (Wildman–Crippen LogP) is 5.25. The number of carbonyl (C=O) groups is 1. The van der Waals surface area contributed by atoms with Crippen LogP contribution in [0.3, 0.4) is 0 Å². The van der Waals surface area contributed by atoms with E-state index in [1.54, 1.807) is 0 Å². The molecule has 0 aliphatic carbocycles. The Labute approximate surface area is 177 Å². The summed E-state index contributed by atoms with van der Waals surface area (Å²) in [5.41, 5.74) is 2.27. The fourth-order valence-electron chi connectivity index (χ4n) is 3.55. The number of nitrogens with one attached hydrogen (secondary N) is 1. The first kappa shape index (κ1) is 21.6. The van der Waals surface area contributed by atoms with E-state index in [1.807, 2.05) is 60.7 Å². The van der Waals surface area contributed by atoms with Crippen LogP contribution in [-0.4, -0.2) is 17.0 Å². The number of oxazole rings is 1. The minimum absolute atomic E-state index is 0.0603. The van der Waals surface area contributed by atoms with E-state index in [1.165, 1.54) is 30.3 Å². The Morgan fingerprint density at radius 3 is 2.13 bits per heavy atom. The second kappa shape index (κ2) is 11.2. The molecule has 1 N–H and O–H groups in total. The number of rotatable bonds is 11. The van der Waals surface area contributed by atoms with Gasteiger partial charge in [0.15, 0.2) is 5.76 Å². The quantitative estimate of drug-likeness (QED) is 0.442. The summed E-state index contributed by atoms with van der Waals surface area (Å²) in [7, 11) is 0. The Kier molecular flexibility index (Phi) is 8.07. The van der Waals surface area contributed by atoms with Gasteiger partial charge in [0.2, 0.25) is 5.91 Å². The summed E-state index contributed by atoms with van der Waals surface area (Å²) in [5.74, 6) is -0.221. The fourth-order valence-corrected chi connectivity index (χ4v) is 3.55. The van der Waals surface area contributed by atoms with Crippen molar-refractivity contribution in [3.63, 3.8) is 0 Å². The van der Waals surface area contributed by atoms with Crippen molar-refractivity contribution < 1.29 is 9.21 Å². The lowest BCUT2D eigenvalue weighted by atomic mass is 10.1. The molecule has 158 valence electrons. The van der Waals surface area contributed by atoms with Gasteiger partial charge in [0, 0.05) is 17.7 Å². The van der Waals surface area contributed by atoms with Crippen LogP contribution in [0.25, 0.3) is 22.6 Å². The van der Waals surface area contributed by atoms with Crippen LogP contribution in [0, 0.1) is 0 Å². The average molecular weight is 407 g/mol. The van der Waals surface area contributed by atoms with Crippen LogP contribution in [0.1, 0.15) is 45.4 Å². The maximum atomic E-state index is 12.6. The fraction of sp³-hybridized carbons (Fsp3) is 0.360. The van der Waals surface area contributed by atoms with Gasteiger partial charge in [-0.05, 0) is 6.42 Å². The molecular formula is C25H30N2O3. The number of hydrogen-bond donors (Lipinski definition) is 1. The van der Waals surface area contributed by atoms with E-state index in [9.17, 15) is 9.59 Å². The number of benzene rings is 2. The van der Waals surface area contributed by atoms with Crippen LogP contribution in [0.2, 0.25) is 0 Å². The van der Waals surface area contributed by atoms with Crippen LogP contribution in [0.4, 0.5) is 0 Å². The Bertz CT molecular complexity index is 975. The first-order chi connectivity index (χ1) is 14.7. The van der Waals surface area contributed by atoms with E-state index in [2.05, 4.69) is 12.2 Å². The highest BCUT2D eigenvalue weighted by atomic mass is 16.4. The topological polar surface area (TPSA) is 64.2 Å². The Morgan fingerprint density at radius 2 is 1.47 bits per heavy atom. The van der Waals surface area contributed by atoms with Crippen molar-refractivity contribution in [2.24, 2.45) is 0 Å². The van der Waals surface area contributed by atoms with E-state index in [4.69, 9.17) is 4.42 Å². The van der Waals surface area contributed by atoms with Gasteiger partial charge in [0.1, 0.15) is 6.54 Å². The summed E-state index contributed by atoms with van der Waals surface area (Å²) in [6.45, 7) is 2.77. The molecule has 30 heavy (non-hydrogen) atoms. The van der Waals surface area contributed by atoms with Gasteiger partial charge >= 0.3 is 5.76 Å². The zero-order chi connectivity index (χ0) is 21.2. The van der Waals surface area contributed by atoms with Crippen molar-refractivity contribution >= 4 is 5.91 Å². The SMILES string of the molecule is CCCCCCCCNC(=O)Cn1c(-c2ccccc2)c(-c2ccccc2)oc1=O. The Balaban J connectivity index is 1.74. The molecule has 5 heteroatoms. The maximum absolute atomic E-state index is 12.6. The molecule has 1 heterocycles. The molecule has 0 bridgehead atoms. The van der Waals surface area contributed by atoms with Crippen molar-refractivity contribution in [2.75, 3.05) is 6.54 Å². The summed E-state index contributed by atoms with van der Waals surface area (Å²) in [5, 5.41) is 2.94. The molecule has 3 rings (SSSR count). The molecule has 2 aromatic carbocycles. The van der Waals surface area contributed by atoms with Crippen molar-refractivity contribution in [1.82, 2.24) is 9.88 Å². The van der Waals surface area contributed by atoms with Gasteiger partial charge < -0.3 is 9.73 Å². The molecule has 0 aliphatic heterocycles. The third-order valence-corrected chi connectivity index (χ3v) is 5.13. The number of hydrogen-bond acceptors (Lipinski definition) is 3. The minimum atomic E-state index is -0.526. The van der Waals surface area contributed by atoms with Gasteiger partial charge in [-0.15, -0.1) is 0 Å². The first-order valence-electron chi connectivity index (χ1n) is 10.8. The smallest absolute Gasteiger partial charge is 0.407 e. The highest BCUT2D eigenvalue weighted by molar-refractivity contribution is 5.80. The molecule has 0 atom stereocenters. The molecule has 0 saturated heterocycles.